The van der Waals surface area contributed by atoms with E-state index in [1.807, 2.05) is 6.92 Å². The van der Waals surface area contributed by atoms with E-state index in [-0.39, 0.29) is 29.4 Å². The quantitative estimate of drug-likeness (QED) is 0.349. The van der Waals surface area contributed by atoms with Crippen molar-refractivity contribution in [1.82, 2.24) is 20.8 Å². The van der Waals surface area contributed by atoms with E-state index in [9.17, 15) is 0 Å². The van der Waals surface area contributed by atoms with E-state index >= 15 is 0 Å². The third kappa shape index (κ3) is 5.06. The first-order chi connectivity index (χ1) is 11.6. The van der Waals surface area contributed by atoms with Gasteiger partial charge in [-0.3, -0.25) is 4.99 Å². The molecule has 1 aromatic heterocycles. The largest absolute Gasteiger partial charge is 0.378 e. The molecule has 1 aliphatic carbocycles. The number of hydrogen-bond donors (Lipinski definition) is 2. The number of hydrogen-bond acceptors (Lipinski definition) is 5. The van der Waals surface area contributed by atoms with Crippen LogP contribution in [0.2, 0.25) is 0 Å². The van der Waals surface area contributed by atoms with Gasteiger partial charge in [0.1, 0.15) is 0 Å². The van der Waals surface area contributed by atoms with Gasteiger partial charge in [0, 0.05) is 38.1 Å². The third-order valence-electron chi connectivity index (χ3n) is 5.20. The summed E-state index contributed by atoms with van der Waals surface area (Å²) < 4.78 is 11.1. The van der Waals surface area contributed by atoms with E-state index in [1.165, 1.54) is 0 Å². The zero-order chi connectivity index (χ0) is 17.6. The van der Waals surface area contributed by atoms with Gasteiger partial charge in [0.25, 0.3) is 0 Å². The second kappa shape index (κ2) is 10.3. The molecule has 0 radical (unpaired) electrons. The van der Waals surface area contributed by atoms with Crippen LogP contribution in [0.5, 0.6) is 0 Å². The van der Waals surface area contributed by atoms with Gasteiger partial charge in [0.2, 0.25) is 5.89 Å². The lowest BCUT2D eigenvalue weighted by Gasteiger charge is -2.55. The lowest BCUT2D eigenvalue weighted by molar-refractivity contribution is -0.133. The van der Waals surface area contributed by atoms with Gasteiger partial charge in [-0.2, -0.15) is 4.98 Å². The first kappa shape index (κ1) is 22.1. The lowest BCUT2D eigenvalue weighted by atomic mass is 9.58. The Morgan fingerprint density at radius 1 is 1.36 bits per heavy atom. The van der Waals surface area contributed by atoms with Crippen molar-refractivity contribution in [2.24, 2.45) is 10.4 Å². The molecule has 0 bridgehead atoms. The highest BCUT2D eigenvalue weighted by Crippen LogP contribution is 2.48. The molecule has 8 heteroatoms. The first-order valence-corrected chi connectivity index (χ1v) is 8.97. The number of ether oxygens (including phenoxy) is 1. The molecule has 0 spiro atoms. The van der Waals surface area contributed by atoms with Crippen molar-refractivity contribution in [1.29, 1.82) is 0 Å². The van der Waals surface area contributed by atoms with Gasteiger partial charge < -0.3 is 19.9 Å². The Balaban J connectivity index is 0.00000312. The van der Waals surface area contributed by atoms with Gasteiger partial charge in [0.15, 0.2) is 11.8 Å². The van der Waals surface area contributed by atoms with Crippen molar-refractivity contribution in [3.63, 3.8) is 0 Å². The van der Waals surface area contributed by atoms with Crippen molar-refractivity contribution in [3.05, 3.63) is 11.7 Å². The van der Waals surface area contributed by atoms with Gasteiger partial charge in [-0.25, -0.2) is 0 Å². The second-order valence-electron chi connectivity index (χ2n) is 6.30. The maximum absolute atomic E-state index is 5.93. The molecule has 2 unspecified atom stereocenters. The van der Waals surface area contributed by atoms with E-state index in [0.29, 0.717) is 36.8 Å². The average Bonchev–Trinajstić information content (AvgIpc) is 2.99. The molecule has 1 aliphatic rings. The van der Waals surface area contributed by atoms with Crippen LogP contribution in [-0.4, -0.2) is 48.4 Å². The Kier molecular flexibility index (Phi) is 9.12. The Hall–Kier alpha value is -0.900. The molecule has 1 heterocycles. The first-order valence-electron chi connectivity index (χ1n) is 8.97. The maximum Gasteiger partial charge on any atom is 0.228 e. The molecule has 0 amide bonds. The minimum absolute atomic E-state index is 0. The van der Waals surface area contributed by atoms with Gasteiger partial charge >= 0.3 is 0 Å². The van der Waals surface area contributed by atoms with E-state index in [0.717, 1.165) is 31.8 Å². The number of halogens is 1. The molecule has 2 atom stereocenters. The van der Waals surface area contributed by atoms with Crippen LogP contribution in [-0.2, 0) is 11.2 Å². The number of aryl methyl sites for hydroxylation is 1. The molecular weight excluding hydrogens is 433 g/mol. The third-order valence-corrected chi connectivity index (χ3v) is 5.20. The predicted molar refractivity (Wildman–Crippen MR) is 109 cm³/mol. The van der Waals surface area contributed by atoms with E-state index in [4.69, 9.17) is 9.26 Å². The van der Waals surface area contributed by atoms with Crippen LogP contribution in [0.3, 0.4) is 0 Å². The highest BCUT2D eigenvalue weighted by Gasteiger charge is 2.53. The normalized spacial score (nSPS) is 22.0. The maximum atomic E-state index is 5.93. The average molecular weight is 465 g/mol. The molecule has 144 valence electrons. The van der Waals surface area contributed by atoms with Crippen LogP contribution < -0.4 is 10.6 Å². The van der Waals surface area contributed by atoms with E-state index < -0.39 is 0 Å². The Labute approximate surface area is 167 Å². The SMILES string of the molecule is CCOC1CC(NC(=NC)NCCc2nc(C)no2)C1(CC)CC.I. The molecule has 7 nitrogen and oxygen atoms in total. The number of rotatable bonds is 8. The smallest absolute Gasteiger partial charge is 0.228 e. The van der Waals surface area contributed by atoms with Gasteiger partial charge in [-0.15, -0.1) is 24.0 Å². The predicted octanol–water partition coefficient (Wildman–Crippen LogP) is 2.69. The van der Waals surface area contributed by atoms with Gasteiger partial charge in [-0.05, 0) is 33.1 Å². The standard InChI is InChI=1S/C17H31N5O2.HI/c1-6-17(7-2)13(11-14(17)23-8-3)21-16(18-5)19-10-9-15-20-12(4)22-24-15;/h13-14H,6-11H2,1-5H3,(H2,18,19,21);1H. The molecular formula is C17H32IN5O2. The number of guanidine groups is 1. The molecule has 2 rings (SSSR count). The summed E-state index contributed by atoms with van der Waals surface area (Å²) in [6.07, 6.45) is 4.25. The molecule has 1 saturated carbocycles. The van der Waals surface area contributed by atoms with Crippen LogP contribution >= 0.6 is 24.0 Å². The summed E-state index contributed by atoms with van der Waals surface area (Å²) >= 11 is 0. The molecule has 1 aromatic rings. The molecule has 0 saturated heterocycles. The number of nitrogens with one attached hydrogen (secondary N) is 2. The molecule has 25 heavy (non-hydrogen) atoms. The van der Waals surface area contributed by atoms with Crippen LogP contribution in [0, 0.1) is 12.3 Å². The highest BCUT2D eigenvalue weighted by atomic mass is 127. The minimum Gasteiger partial charge on any atom is -0.378 e. The van der Waals surface area contributed by atoms with Crippen molar-refractivity contribution in [3.8, 4) is 0 Å². The van der Waals surface area contributed by atoms with Crippen LogP contribution in [0.1, 0.15) is 51.7 Å². The fourth-order valence-corrected chi connectivity index (χ4v) is 3.67. The minimum atomic E-state index is 0. The number of aromatic nitrogens is 2. The summed E-state index contributed by atoms with van der Waals surface area (Å²) in [6.45, 7) is 9.86. The lowest BCUT2D eigenvalue weighted by Crippen LogP contribution is -2.65. The summed E-state index contributed by atoms with van der Waals surface area (Å²) in [5, 5.41) is 10.7. The van der Waals surface area contributed by atoms with Crippen LogP contribution in [0.15, 0.2) is 9.52 Å². The zero-order valence-corrected chi connectivity index (χ0v) is 18.3. The zero-order valence-electron chi connectivity index (χ0n) is 16.0. The second-order valence-corrected chi connectivity index (χ2v) is 6.30. The summed E-state index contributed by atoms with van der Waals surface area (Å²) in [7, 11) is 1.80. The van der Waals surface area contributed by atoms with Gasteiger partial charge in [0.05, 0.1) is 6.10 Å². The summed E-state index contributed by atoms with van der Waals surface area (Å²) in [5.74, 6) is 2.13. The summed E-state index contributed by atoms with van der Waals surface area (Å²) in [4.78, 5) is 8.55. The fourth-order valence-electron chi connectivity index (χ4n) is 3.67. The highest BCUT2D eigenvalue weighted by molar-refractivity contribution is 14.0. The molecule has 1 fully saturated rings. The number of nitrogens with zero attached hydrogens (tertiary/aromatic N) is 3. The molecule has 2 N–H and O–H groups in total. The van der Waals surface area contributed by atoms with Gasteiger partial charge in [-0.1, -0.05) is 19.0 Å². The van der Waals surface area contributed by atoms with Crippen molar-refractivity contribution in [2.75, 3.05) is 20.2 Å². The Morgan fingerprint density at radius 2 is 2.08 bits per heavy atom. The summed E-state index contributed by atoms with van der Waals surface area (Å²) in [5.41, 5.74) is 0.192. The molecule has 0 aliphatic heterocycles. The Morgan fingerprint density at radius 3 is 2.60 bits per heavy atom. The van der Waals surface area contributed by atoms with Crippen molar-refractivity contribution < 1.29 is 9.26 Å². The van der Waals surface area contributed by atoms with Crippen molar-refractivity contribution >= 4 is 29.9 Å². The monoisotopic (exact) mass is 465 g/mol. The molecule has 0 aromatic carbocycles. The summed E-state index contributed by atoms with van der Waals surface area (Å²) in [6, 6.07) is 0.390. The Bertz CT molecular complexity index is 545. The van der Waals surface area contributed by atoms with Crippen LogP contribution in [0.4, 0.5) is 0 Å². The van der Waals surface area contributed by atoms with Crippen LogP contribution in [0.25, 0.3) is 0 Å². The van der Waals surface area contributed by atoms with E-state index in [2.05, 4.69) is 46.5 Å². The fraction of sp³-hybridized carbons (Fsp3) is 0.824. The topological polar surface area (TPSA) is 84.6 Å². The number of aliphatic imine (C=N–C) groups is 1. The van der Waals surface area contributed by atoms with Crippen molar-refractivity contribution in [2.45, 2.75) is 65.5 Å². The van der Waals surface area contributed by atoms with E-state index in [1.54, 1.807) is 7.05 Å².